The van der Waals surface area contributed by atoms with E-state index in [0.717, 1.165) is 6.42 Å². The summed E-state index contributed by atoms with van der Waals surface area (Å²) in [6, 6.07) is 8.68. The summed E-state index contributed by atoms with van der Waals surface area (Å²) in [5.41, 5.74) is 9.96. The first-order valence-electron chi connectivity index (χ1n) is 7.97. The minimum atomic E-state index is 0.0228. The Labute approximate surface area is 127 Å². The molecule has 1 saturated carbocycles. The molecule has 0 aliphatic heterocycles. The minimum Gasteiger partial charge on any atom is -0.328 e. The van der Waals surface area contributed by atoms with Gasteiger partial charge >= 0.3 is 0 Å². The van der Waals surface area contributed by atoms with Crippen LogP contribution < -0.4 is 5.73 Å². The normalized spacial score (nSPS) is 26.0. The molecule has 112 valence electrons. The molecule has 1 aliphatic rings. The molecule has 21 heavy (non-hydrogen) atoms. The maximum Gasteiger partial charge on any atom is 0.0956 e. The first-order valence-corrected chi connectivity index (χ1v) is 7.97. The number of aromatic nitrogens is 2. The molecule has 2 unspecified atom stereocenters. The Bertz CT molecular complexity index is 599. The van der Waals surface area contributed by atoms with E-state index in [9.17, 15) is 0 Å². The number of aryl methyl sites for hydroxylation is 1. The lowest BCUT2D eigenvalue weighted by molar-refractivity contribution is 0.127. The first-order chi connectivity index (χ1) is 10.2. The fourth-order valence-corrected chi connectivity index (χ4v) is 3.74. The van der Waals surface area contributed by atoms with Gasteiger partial charge in [-0.2, -0.15) is 0 Å². The molecule has 0 spiro atoms. The topological polar surface area (TPSA) is 43.8 Å². The maximum atomic E-state index is 6.24. The Kier molecular flexibility index (Phi) is 3.85. The van der Waals surface area contributed by atoms with Gasteiger partial charge < -0.3 is 10.3 Å². The second-order valence-corrected chi connectivity index (χ2v) is 6.47. The minimum absolute atomic E-state index is 0.0228. The van der Waals surface area contributed by atoms with Crippen molar-refractivity contribution in [2.75, 3.05) is 6.54 Å². The molecule has 0 radical (unpaired) electrons. The Morgan fingerprint density at radius 2 is 2.05 bits per heavy atom. The molecule has 0 saturated heterocycles. The van der Waals surface area contributed by atoms with Crippen molar-refractivity contribution in [2.24, 2.45) is 11.7 Å². The zero-order valence-corrected chi connectivity index (χ0v) is 13.0. The lowest BCUT2D eigenvalue weighted by Gasteiger charge is -2.44. The summed E-state index contributed by atoms with van der Waals surface area (Å²) in [6.45, 7) is 5.14. The highest BCUT2D eigenvalue weighted by molar-refractivity contribution is 5.59. The molecule has 1 heterocycles. The third-order valence-electron chi connectivity index (χ3n) is 5.23. The third-order valence-corrected chi connectivity index (χ3v) is 5.23. The van der Waals surface area contributed by atoms with Crippen LogP contribution >= 0.6 is 0 Å². The van der Waals surface area contributed by atoms with E-state index < -0.39 is 0 Å². The van der Waals surface area contributed by atoms with Crippen molar-refractivity contribution in [1.82, 2.24) is 9.55 Å². The van der Waals surface area contributed by atoms with Gasteiger partial charge in [-0.25, -0.2) is 4.98 Å². The van der Waals surface area contributed by atoms with E-state index in [-0.39, 0.29) is 5.54 Å². The highest BCUT2D eigenvalue weighted by Crippen LogP contribution is 2.41. The van der Waals surface area contributed by atoms with Crippen LogP contribution in [0.5, 0.6) is 0 Å². The molecule has 2 aromatic rings. The lowest BCUT2D eigenvalue weighted by atomic mass is 9.73. The van der Waals surface area contributed by atoms with Crippen LogP contribution in [0.4, 0.5) is 0 Å². The largest absolute Gasteiger partial charge is 0.328 e. The van der Waals surface area contributed by atoms with Gasteiger partial charge in [-0.1, -0.05) is 49.6 Å². The molecule has 2 N–H and O–H groups in total. The molecule has 3 nitrogen and oxygen atoms in total. The number of imidazole rings is 1. The SMILES string of the molecule is Cc1ccc(-c2cncn2C2(CN)CCCCC2C)cc1. The molecule has 2 atom stereocenters. The summed E-state index contributed by atoms with van der Waals surface area (Å²) >= 11 is 0. The number of nitrogens with zero attached hydrogens (tertiary/aromatic N) is 2. The molecular weight excluding hydrogens is 258 g/mol. The van der Waals surface area contributed by atoms with Gasteiger partial charge in [0.05, 0.1) is 23.8 Å². The summed E-state index contributed by atoms with van der Waals surface area (Å²) in [4.78, 5) is 4.43. The van der Waals surface area contributed by atoms with Crippen LogP contribution in [0.15, 0.2) is 36.8 Å². The number of hydrogen-bond donors (Lipinski definition) is 1. The lowest BCUT2D eigenvalue weighted by Crippen LogP contribution is -2.48. The zero-order chi connectivity index (χ0) is 14.9. The Balaban J connectivity index is 2.06. The maximum absolute atomic E-state index is 6.24. The second kappa shape index (κ2) is 5.64. The van der Waals surface area contributed by atoms with Crippen LogP contribution in [0.3, 0.4) is 0 Å². The van der Waals surface area contributed by atoms with Gasteiger partial charge in [0.1, 0.15) is 0 Å². The number of rotatable bonds is 3. The molecule has 1 aromatic carbocycles. The van der Waals surface area contributed by atoms with Crippen LogP contribution in [-0.4, -0.2) is 16.1 Å². The Hall–Kier alpha value is -1.61. The van der Waals surface area contributed by atoms with Crippen LogP contribution in [0.1, 0.15) is 38.2 Å². The fraction of sp³-hybridized carbons (Fsp3) is 0.500. The standard InChI is InChI=1S/C18H25N3/c1-14-6-8-16(9-7-14)17-11-20-13-21(17)18(12-19)10-4-3-5-15(18)2/h6-9,11,13,15H,3-5,10,12,19H2,1-2H3. The summed E-state index contributed by atoms with van der Waals surface area (Å²) in [7, 11) is 0. The van der Waals surface area contributed by atoms with E-state index in [0.29, 0.717) is 12.5 Å². The summed E-state index contributed by atoms with van der Waals surface area (Å²) in [5.74, 6) is 0.592. The van der Waals surface area contributed by atoms with Gasteiger partial charge in [0.2, 0.25) is 0 Å². The molecule has 1 aliphatic carbocycles. The van der Waals surface area contributed by atoms with Crippen molar-refractivity contribution in [3.05, 3.63) is 42.4 Å². The highest BCUT2D eigenvalue weighted by atomic mass is 15.1. The van der Waals surface area contributed by atoms with E-state index in [1.165, 1.54) is 36.1 Å². The van der Waals surface area contributed by atoms with Crippen molar-refractivity contribution in [1.29, 1.82) is 0 Å². The van der Waals surface area contributed by atoms with Crippen molar-refractivity contribution < 1.29 is 0 Å². The van der Waals surface area contributed by atoms with Gasteiger partial charge in [-0.05, 0) is 31.2 Å². The highest BCUT2D eigenvalue weighted by Gasteiger charge is 2.39. The van der Waals surface area contributed by atoms with Crippen molar-refractivity contribution in [3.8, 4) is 11.3 Å². The van der Waals surface area contributed by atoms with Gasteiger partial charge in [0.15, 0.2) is 0 Å². The Morgan fingerprint density at radius 1 is 1.29 bits per heavy atom. The summed E-state index contributed by atoms with van der Waals surface area (Å²) in [6.07, 6.45) is 8.93. The molecule has 1 fully saturated rings. The smallest absolute Gasteiger partial charge is 0.0956 e. The number of hydrogen-bond acceptors (Lipinski definition) is 2. The Morgan fingerprint density at radius 3 is 2.71 bits per heavy atom. The quantitative estimate of drug-likeness (QED) is 0.933. The van der Waals surface area contributed by atoms with Gasteiger partial charge in [0, 0.05) is 6.54 Å². The molecule has 0 bridgehead atoms. The van der Waals surface area contributed by atoms with E-state index in [1.807, 2.05) is 12.5 Å². The molecule has 3 heteroatoms. The van der Waals surface area contributed by atoms with Crippen molar-refractivity contribution in [2.45, 2.75) is 45.1 Å². The van der Waals surface area contributed by atoms with E-state index in [2.05, 4.69) is 47.7 Å². The summed E-state index contributed by atoms with van der Waals surface area (Å²) in [5, 5.41) is 0. The first kappa shape index (κ1) is 14.3. The zero-order valence-electron chi connectivity index (χ0n) is 13.0. The average Bonchev–Trinajstić information content (AvgIpc) is 2.99. The fourth-order valence-electron chi connectivity index (χ4n) is 3.74. The molecule has 3 rings (SSSR count). The van der Waals surface area contributed by atoms with E-state index in [4.69, 9.17) is 5.73 Å². The average molecular weight is 283 g/mol. The van der Waals surface area contributed by atoms with Crippen LogP contribution in [0.2, 0.25) is 0 Å². The van der Waals surface area contributed by atoms with Crippen molar-refractivity contribution in [3.63, 3.8) is 0 Å². The van der Waals surface area contributed by atoms with Gasteiger partial charge in [0.25, 0.3) is 0 Å². The second-order valence-electron chi connectivity index (χ2n) is 6.47. The van der Waals surface area contributed by atoms with E-state index in [1.54, 1.807) is 0 Å². The van der Waals surface area contributed by atoms with Crippen LogP contribution in [0.25, 0.3) is 11.3 Å². The van der Waals surface area contributed by atoms with E-state index >= 15 is 0 Å². The van der Waals surface area contributed by atoms with Crippen LogP contribution in [-0.2, 0) is 5.54 Å². The summed E-state index contributed by atoms with van der Waals surface area (Å²) < 4.78 is 2.35. The van der Waals surface area contributed by atoms with Crippen LogP contribution in [0, 0.1) is 12.8 Å². The number of benzene rings is 1. The molecule has 1 aromatic heterocycles. The number of nitrogens with two attached hydrogens (primary N) is 1. The van der Waals surface area contributed by atoms with Crippen molar-refractivity contribution >= 4 is 0 Å². The van der Waals surface area contributed by atoms with Gasteiger partial charge in [-0.3, -0.25) is 0 Å². The monoisotopic (exact) mass is 283 g/mol. The predicted octanol–water partition coefficient (Wildman–Crippen LogP) is 3.72. The molecule has 0 amide bonds. The molecular formula is C18H25N3. The third kappa shape index (κ3) is 2.40. The van der Waals surface area contributed by atoms with Gasteiger partial charge in [-0.15, -0.1) is 0 Å². The predicted molar refractivity (Wildman–Crippen MR) is 87.1 cm³/mol.